The van der Waals surface area contributed by atoms with E-state index in [1.54, 1.807) is 6.07 Å². The molecule has 0 saturated heterocycles. The highest BCUT2D eigenvalue weighted by atomic mass is 19.1. The molecule has 162 valence electrons. The van der Waals surface area contributed by atoms with Gasteiger partial charge in [0.05, 0.1) is 24.2 Å². The molecular formula is C24H28FN5O. The molecule has 0 unspecified atom stereocenters. The molecule has 4 aromatic rings. The SMILES string of the molecule is Cc1nn(C)c(C)c1CCOc1c(F)cccc1-c1ccc2ncc(CN(C)C)n2c1. The molecule has 0 amide bonds. The molecular weight excluding hydrogens is 393 g/mol. The normalized spacial score (nSPS) is 11.6. The van der Waals surface area contributed by atoms with E-state index in [2.05, 4.69) is 15.0 Å². The van der Waals surface area contributed by atoms with Crippen LogP contribution in [-0.4, -0.2) is 44.8 Å². The Bertz CT molecular complexity index is 1220. The molecule has 31 heavy (non-hydrogen) atoms. The summed E-state index contributed by atoms with van der Waals surface area (Å²) in [5.41, 5.74) is 6.78. The first-order valence-corrected chi connectivity index (χ1v) is 10.4. The van der Waals surface area contributed by atoms with Crippen LogP contribution in [0, 0.1) is 19.7 Å². The second-order valence-electron chi connectivity index (χ2n) is 8.12. The maximum Gasteiger partial charge on any atom is 0.165 e. The van der Waals surface area contributed by atoms with Crippen LogP contribution < -0.4 is 4.74 Å². The first kappa shape index (κ1) is 21.1. The van der Waals surface area contributed by atoms with Gasteiger partial charge in [0.15, 0.2) is 11.6 Å². The Hall–Kier alpha value is -3.19. The minimum atomic E-state index is -0.364. The van der Waals surface area contributed by atoms with E-state index in [9.17, 15) is 4.39 Å². The van der Waals surface area contributed by atoms with Crippen molar-refractivity contribution in [3.05, 3.63) is 71.2 Å². The van der Waals surface area contributed by atoms with Gasteiger partial charge in [-0.1, -0.05) is 12.1 Å². The average Bonchev–Trinajstić information content (AvgIpc) is 3.23. The van der Waals surface area contributed by atoms with Crippen molar-refractivity contribution in [1.29, 1.82) is 0 Å². The Morgan fingerprint density at radius 2 is 1.94 bits per heavy atom. The molecule has 0 aliphatic rings. The molecule has 0 atom stereocenters. The number of para-hydroxylation sites is 1. The summed E-state index contributed by atoms with van der Waals surface area (Å²) in [6.45, 7) is 5.17. The molecule has 0 N–H and O–H groups in total. The lowest BCUT2D eigenvalue weighted by molar-refractivity contribution is 0.306. The van der Waals surface area contributed by atoms with Crippen molar-refractivity contribution in [1.82, 2.24) is 24.1 Å². The van der Waals surface area contributed by atoms with Crippen LogP contribution in [0.1, 0.15) is 22.6 Å². The summed E-state index contributed by atoms with van der Waals surface area (Å²) in [5, 5.41) is 4.45. The average molecular weight is 422 g/mol. The zero-order valence-electron chi connectivity index (χ0n) is 18.7. The first-order valence-electron chi connectivity index (χ1n) is 10.4. The highest BCUT2D eigenvalue weighted by Gasteiger charge is 2.15. The summed E-state index contributed by atoms with van der Waals surface area (Å²) in [6.07, 6.45) is 4.55. The zero-order valence-corrected chi connectivity index (χ0v) is 18.7. The van der Waals surface area contributed by atoms with Gasteiger partial charge >= 0.3 is 0 Å². The highest BCUT2D eigenvalue weighted by Crippen LogP contribution is 2.33. The number of fused-ring (bicyclic) bond motifs is 1. The minimum Gasteiger partial charge on any atom is -0.490 e. The predicted octanol–water partition coefficient (Wildman–Crippen LogP) is 4.17. The fraction of sp³-hybridized carbons (Fsp3) is 0.333. The van der Waals surface area contributed by atoms with Crippen LogP contribution in [0.4, 0.5) is 4.39 Å². The quantitative estimate of drug-likeness (QED) is 0.449. The highest BCUT2D eigenvalue weighted by molar-refractivity contribution is 5.71. The van der Waals surface area contributed by atoms with E-state index in [0.29, 0.717) is 13.0 Å². The third kappa shape index (κ3) is 4.18. The van der Waals surface area contributed by atoms with Gasteiger partial charge in [-0.3, -0.25) is 4.68 Å². The number of nitrogens with zero attached hydrogens (tertiary/aromatic N) is 5. The Morgan fingerprint density at radius 1 is 1.13 bits per heavy atom. The molecule has 1 aromatic carbocycles. The van der Waals surface area contributed by atoms with Gasteiger partial charge in [-0.2, -0.15) is 5.10 Å². The topological polar surface area (TPSA) is 47.6 Å². The molecule has 7 heteroatoms. The van der Waals surface area contributed by atoms with E-state index in [4.69, 9.17) is 4.74 Å². The molecule has 4 rings (SSSR count). The number of halogens is 1. The third-order valence-corrected chi connectivity index (χ3v) is 5.60. The van der Waals surface area contributed by atoms with Gasteiger partial charge in [0.25, 0.3) is 0 Å². The summed E-state index contributed by atoms with van der Waals surface area (Å²) < 4.78 is 24.7. The maximum absolute atomic E-state index is 14.8. The monoisotopic (exact) mass is 421 g/mol. The second-order valence-corrected chi connectivity index (χ2v) is 8.12. The van der Waals surface area contributed by atoms with Gasteiger partial charge < -0.3 is 14.0 Å². The molecule has 0 aliphatic heterocycles. The molecule has 0 fully saturated rings. The smallest absolute Gasteiger partial charge is 0.165 e. The molecule has 6 nitrogen and oxygen atoms in total. The zero-order chi connectivity index (χ0) is 22.1. The maximum atomic E-state index is 14.8. The van der Waals surface area contributed by atoms with Crippen LogP contribution >= 0.6 is 0 Å². The summed E-state index contributed by atoms with van der Waals surface area (Å²) in [6, 6.07) is 8.95. The van der Waals surface area contributed by atoms with E-state index in [-0.39, 0.29) is 11.6 Å². The number of aryl methyl sites for hydroxylation is 2. The predicted molar refractivity (Wildman–Crippen MR) is 120 cm³/mol. The Balaban J connectivity index is 1.63. The van der Waals surface area contributed by atoms with Crippen LogP contribution in [-0.2, 0) is 20.0 Å². The lowest BCUT2D eigenvalue weighted by atomic mass is 10.1. The number of aromatic nitrogens is 4. The number of rotatable bonds is 7. The fourth-order valence-electron chi connectivity index (χ4n) is 3.95. The van der Waals surface area contributed by atoms with Crippen LogP contribution in [0.15, 0.2) is 42.7 Å². The van der Waals surface area contributed by atoms with Crippen molar-refractivity contribution in [3.63, 3.8) is 0 Å². The van der Waals surface area contributed by atoms with E-state index in [1.165, 1.54) is 6.07 Å². The number of pyridine rings is 1. The van der Waals surface area contributed by atoms with Crippen LogP contribution in [0.25, 0.3) is 16.8 Å². The van der Waals surface area contributed by atoms with Crippen molar-refractivity contribution < 1.29 is 9.13 Å². The lowest BCUT2D eigenvalue weighted by Crippen LogP contribution is -2.12. The van der Waals surface area contributed by atoms with Crippen LogP contribution in [0.3, 0.4) is 0 Å². The molecule has 0 saturated carbocycles. The van der Waals surface area contributed by atoms with Crippen molar-refractivity contribution in [2.45, 2.75) is 26.8 Å². The van der Waals surface area contributed by atoms with Crippen molar-refractivity contribution in [3.8, 4) is 16.9 Å². The summed E-state index contributed by atoms with van der Waals surface area (Å²) >= 11 is 0. The second kappa shape index (κ2) is 8.51. The van der Waals surface area contributed by atoms with Gasteiger partial charge in [0.2, 0.25) is 0 Å². The molecule has 0 spiro atoms. The van der Waals surface area contributed by atoms with Crippen molar-refractivity contribution in [2.75, 3.05) is 20.7 Å². The number of ether oxygens (including phenoxy) is 1. The fourth-order valence-corrected chi connectivity index (χ4v) is 3.95. The molecule has 3 heterocycles. The Morgan fingerprint density at radius 3 is 2.65 bits per heavy atom. The van der Waals surface area contributed by atoms with Crippen molar-refractivity contribution in [2.24, 2.45) is 7.05 Å². The lowest BCUT2D eigenvalue weighted by Gasteiger charge is -2.14. The van der Waals surface area contributed by atoms with E-state index >= 15 is 0 Å². The van der Waals surface area contributed by atoms with Crippen LogP contribution in [0.5, 0.6) is 5.75 Å². The number of hydrogen-bond donors (Lipinski definition) is 0. The van der Waals surface area contributed by atoms with Gasteiger partial charge in [-0.05, 0) is 51.7 Å². The van der Waals surface area contributed by atoms with Crippen molar-refractivity contribution >= 4 is 5.65 Å². The largest absolute Gasteiger partial charge is 0.490 e. The minimum absolute atomic E-state index is 0.273. The van der Waals surface area contributed by atoms with Gasteiger partial charge in [-0.15, -0.1) is 0 Å². The van der Waals surface area contributed by atoms with E-state index in [0.717, 1.165) is 46.0 Å². The number of benzene rings is 1. The van der Waals surface area contributed by atoms with Gasteiger partial charge in [0.1, 0.15) is 5.65 Å². The summed E-state index contributed by atoms with van der Waals surface area (Å²) in [4.78, 5) is 6.56. The Labute approximate surface area is 181 Å². The van der Waals surface area contributed by atoms with E-state index in [1.807, 2.05) is 74.7 Å². The number of imidazole rings is 1. The van der Waals surface area contributed by atoms with Crippen LogP contribution in [0.2, 0.25) is 0 Å². The molecule has 0 radical (unpaired) electrons. The molecule has 0 aliphatic carbocycles. The molecule has 0 bridgehead atoms. The third-order valence-electron chi connectivity index (χ3n) is 5.60. The first-order chi connectivity index (χ1) is 14.8. The molecule has 3 aromatic heterocycles. The van der Waals surface area contributed by atoms with Gasteiger partial charge in [-0.25, -0.2) is 9.37 Å². The summed E-state index contributed by atoms with van der Waals surface area (Å²) in [7, 11) is 5.97. The van der Waals surface area contributed by atoms with E-state index < -0.39 is 0 Å². The van der Waals surface area contributed by atoms with Gasteiger partial charge in [0, 0.05) is 43.0 Å². The summed E-state index contributed by atoms with van der Waals surface area (Å²) in [5.74, 6) is -0.0910. The standard InChI is InChI=1S/C24H28FN5O/c1-16-20(17(2)29(5)27-16)11-12-31-24-21(7-6-8-22(24)25)18-9-10-23-26-13-19(15-28(3)4)30(23)14-18/h6-10,13-14H,11-12,15H2,1-5H3. The number of hydrogen-bond acceptors (Lipinski definition) is 4. The Kier molecular flexibility index (Phi) is 5.78.